The molecule has 0 aliphatic carbocycles. The van der Waals surface area contributed by atoms with Crippen molar-refractivity contribution in [2.45, 2.75) is 32.2 Å². The summed E-state index contributed by atoms with van der Waals surface area (Å²) in [5.41, 5.74) is 5.42. The van der Waals surface area contributed by atoms with Gasteiger partial charge in [0.15, 0.2) is 5.76 Å². The van der Waals surface area contributed by atoms with Gasteiger partial charge in [0, 0.05) is 10.9 Å². The SMILES string of the molecule is NC(=O)c1sc2nc(C(F)F)cc(-c3ccco3)c2c1NC(=O)c1ccc(CN2CCCCC2)o1. The Hall–Kier alpha value is -3.57. The second kappa shape index (κ2) is 9.59. The average Bonchev–Trinajstić information content (AvgIpc) is 3.59. The van der Waals surface area contributed by atoms with Crippen molar-refractivity contribution in [3.63, 3.8) is 0 Å². The van der Waals surface area contributed by atoms with Crippen molar-refractivity contribution in [1.29, 1.82) is 0 Å². The van der Waals surface area contributed by atoms with E-state index in [1.165, 1.54) is 18.8 Å². The molecule has 1 saturated heterocycles. The number of thiophene rings is 1. The van der Waals surface area contributed by atoms with Crippen LogP contribution in [-0.2, 0) is 6.54 Å². The average molecular weight is 501 g/mol. The summed E-state index contributed by atoms with van der Waals surface area (Å²) in [6, 6.07) is 7.69. The van der Waals surface area contributed by atoms with Gasteiger partial charge in [-0.15, -0.1) is 11.3 Å². The monoisotopic (exact) mass is 500 g/mol. The van der Waals surface area contributed by atoms with Crippen LogP contribution in [0.4, 0.5) is 14.5 Å². The Labute approximate surface area is 202 Å². The van der Waals surface area contributed by atoms with Gasteiger partial charge in [-0.2, -0.15) is 0 Å². The number of hydrogen-bond donors (Lipinski definition) is 2. The highest BCUT2D eigenvalue weighted by Crippen LogP contribution is 2.42. The Morgan fingerprint density at radius 1 is 1.20 bits per heavy atom. The number of anilines is 1. The van der Waals surface area contributed by atoms with E-state index >= 15 is 0 Å². The van der Waals surface area contributed by atoms with E-state index in [1.807, 2.05) is 0 Å². The van der Waals surface area contributed by atoms with Gasteiger partial charge in [-0.05, 0) is 56.3 Å². The van der Waals surface area contributed by atoms with E-state index in [9.17, 15) is 18.4 Å². The molecule has 0 aromatic carbocycles. The van der Waals surface area contributed by atoms with Crippen molar-refractivity contribution < 1.29 is 27.2 Å². The minimum Gasteiger partial charge on any atom is -0.464 e. The highest BCUT2D eigenvalue weighted by Gasteiger charge is 2.26. The zero-order valence-electron chi connectivity index (χ0n) is 18.6. The first kappa shape index (κ1) is 23.2. The van der Waals surface area contributed by atoms with Crippen LogP contribution in [0.5, 0.6) is 0 Å². The summed E-state index contributed by atoms with van der Waals surface area (Å²) in [4.78, 5) is 31.7. The number of pyridine rings is 1. The van der Waals surface area contributed by atoms with E-state index in [1.54, 1.807) is 24.3 Å². The van der Waals surface area contributed by atoms with Crippen molar-refractivity contribution in [3.8, 4) is 11.3 Å². The molecule has 0 atom stereocenters. The standard InChI is InChI=1S/C24H22F2N4O4S/c25-21(26)15-11-14(16-5-4-10-33-16)18-19(20(22(27)31)35-24(18)28-15)29-23(32)17-7-6-13(34-17)12-30-8-2-1-3-9-30/h4-7,10-11,21H,1-3,8-9,12H2,(H2,27,31)(H,29,32). The number of piperidine rings is 1. The van der Waals surface area contributed by atoms with Crippen molar-refractivity contribution in [2.75, 3.05) is 18.4 Å². The zero-order valence-corrected chi connectivity index (χ0v) is 19.4. The second-order valence-electron chi connectivity index (χ2n) is 8.28. The molecule has 0 unspecified atom stereocenters. The molecular formula is C24H22F2N4O4S. The number of halogens is 2. The van der Waals surface area contributed by atoms with Crippen molar-refractivity contribution in [1.82, 2.24) is 9.88 Å². The summed E-state index contributed by atoms with van der Waals surface area (Å²) in [7, 11) is 0. The van der Waals surface area contributed by atoms with Crippen LogP contribution in [-0.4, -0.2) is 34.8 Å². The first-order valence-corrected chi connectivity index (χ1v) is 11.9. The Balaban J connectivity index is 1.51. The molecule has 8 nitrogen and oxygen atoms in total. The highest BCUT2D eigenvalue weighted by atomic mass is 32.1. The van der Waals surface area contributed by atoms with Crippen LogP contribution in [0.3, 0.4) is 0 Å². The molecule has 0 bridgehead atoms. The lowest BCUT2D eigenvalue weighted by molar-refractivity contribution is 0.0992. The first-order valence-electron chi connectivity index (χ1n) is 11.1. The third-order valence-electron chi connectivity index (χ3n) is 5.87. The zero-order chi connectivity index (χ0) is 24.5. The molecule has 1 fully saturated rings. The van der Waals surface area contributed by atoms with Gasteiger partial charge < -0.3 is 19.9 Å². The van der Waals surface area contributed by atoms with Crippen molar-refractivity contribution in [2.24, 2.45) is 5.73 Å². The van der Waals surface area contributed by atoms with Crippen LogP contribution in [0.1, 0.15) is 57.4 Å². The molecule has 1 aliphatic rings. The molecule has 2 amide bonds. The number of aromatic nitrogens is 1. The maximum Gasteiger partial charge on any atom is 0.291 e. The van der Waals surface area contributed by atoms with Crippen LogP contribution in [0, 0.1) is 0 Å². The minimum atomic E-state index is -2.84. The number of nitrogens with zero attached hydrogens (tertiary/aromatic N) is 2. The van der Waals surface area contributed by atoms with E-state index in [4.69, 9.17) is 14.6 Å². The first-order chi connectivity index (χ1) is 16.9. The normalized spacial score (nSPS) is 14.6. The summed E-state index contributed by atoms with van der Waals surface area (Å²) in [6.07, 6.45) is 2.04. The lowest BCUT2D eigenvalue weighted by atomic mass is 10.1. The maximum absolute atomic E-state index is 13.5. The molecule has 4 aromatic heterocycles. The molecule has 0 radical (unpaired) electrons. The maximum atomic E-state index is 13.5. The number of carbonyl (C=O) groups excluding carboxylic acids is 2. The van der Waals surface area contributed by atoms with Crippen molar-refractivity contribution >= 4 is 39.1 Å². The number of amides is 2. The topological polar surface area (TPSA) is 115 Å². The summed E-state index contributed by atoms with van der Waals surface area (Å²) in [5.74, 6) is -0.422. The Bertz CT molecular complexity index is 1370. The molecule has 5 heterocycles. The van der Waals surface area contributed by atoms with Gasteiger partial charge in [0.25, 0.3) is 18.2 Å². The van der Waals surface area contributed by atoms with Gasteiger partial charge in [-0.1, -0.05) is 6.42 Å². The number of primary amides is 1. The largest absolute Gasteiger partial charge is 0.464 e. The highest BCUT2D eigenvalue weighted by molar-refractivity contribution is 7.21. The van der Waals surface area contributed by atoms with Crippen LogP contribution < -0.4 is 11.1 Å². The predicted molar refractivity (Wildman–Crippen MR) is 127 cm³/mol. The number of hydrogen-bond acceptors (Lipinski definition) is 7. The van der Waals surface area contributed by atoms with Gasteiger partial charge in [0.2, 0.25) is 0 Å². The van der Waals surface area contributed by atoms with E-state index in [2.05, 4.69) is 15.2 Å². The second-order valence-corrected chi connectivity index (χ2v) is 9.28. The number of alkyl halides is 2. The molecular weight excluding hydrogens is 478 g/mol. The van der Waals surface area contributed by atoms with Crippen LogP contribution in [0.2, 0.25) is 0 Å². The van der Waals surface area contributed by atoms with Crippen molar-refractivity contribution in [3.05, 3.63) is 58.7 Å². The molecule has 3 N–H and O–H groups in total. The third-order valence-corrected chi connectivity index (χ3v) is 6.97. The molecule has 4 aromatic rings. The van der Waals surface area contributed by atoms with Gasteiger partial charge in [-0.25, -0.2) is 13.8 Å². The summed E-state index contributed by atoms with van der Waals surface area (Å²) >= 11 is 0.828. The fraction of sp³-hybridized carbons (Fsp3) is 0.292. The molecule has 35 heavy (non-hydrogen) atoms. The summed E-state index contributed by atoms with van der Waals surface area (Å²) < 4.78 is 38.2. The Kier molecular flexibility index (Phi) is 6.35. The fourth-order valence-electron chi connectivity index (χ4n) is 4.25. The van der Waals surface area contributed by atoms with E-state index in [-0.39, 0.29) is 37.9 Å². The summed E-state index contributed by atoms with van der Waals surface area (Å²) in [6.45, 7) is 2.56. The van der Waals surface area contributed by atoms with Crippen LogP contribution in [0.15, 0.2) is 45.4 Å². The predicted octanol–water partition coefficient (Wildman–Crippen LogP) is 5.42. The summed E-state index contributed by atoms with van der Waals surface area (Å²) in [5, 5.41) is 2.98. The number of nitrogens with two attached hydrogens (primary N) is 1. The number of fused-ring (bicyclic) bond motifs is 1. The van der Waals surface area contributed by atoms with Gasteiger partial charge in [0.1, 0.15) is 26.9 Å². The number of carbonyl (C=O) groups is 2. The van der Waals surface area contributed by atoms with Crippen LogP contribution in [0.25, 0.3) is 21.5 Å². The molecule has 182 valence electrons. The molecule has 1 aliphatic heterocycles. The van der Waals surface area contributed by atoms with E-state index in [0.29, 0.717) is 12.3 Å². The minimum absolute atomic E-state index is 0.0137. The number of nitrogens with one attached hydrogen (secondary N) is 1. The lowest BCUT2D eigenvalue weighted by Gasteiger charge is -2.25. The lowest BCUT2D eigenvalue weighted by Crippen LogP contribution is -2.28. The van der Waals surface area contributed by atoms with Gasteiger partial charge in [-0.3, -0.25) is 14.5 Å². The van der Waals surface area contributed by atoms with Gasteiger partial charge >= 0.3 is 0 Å². The van der Waals surface area contributed by atoms with E-state index in [0.717, 1.165) is 37.3 Å². The quantitative estimate of drug-likeness (QED) is 0.350. The fourth-order valence-corrected chi connectivity index (χ4v) is 5.26. The third kappa shape index (κ3) is 4.69. The Morgan fingerprint density at radius 3 is 2.69 bits per heavy atom. The molecule has 5 rings (SSSR count). The molecule has 0 saturated carbocycles. The number of rotatable bonds is 7. The van der Waals surface area contributed by atoms with E-state index < -0.39 is 23.9 Å². The molecule has 11 heteroatoms. The molecule has 0 spiro atoms. The smallest absolute Gasteiger partial charge is 0.291 e. The number of likely N-dealkylation sites (tertiary alicyclic amines) is 1. The van der Waals surface area contributed by atoms with Gasteiger partial charge in [0.05, 0.1) is 18.5 Å². The Morgan fingerprint density at radius 2 is 2.00 bits per heavy atom. The van der Waals surface area contributed by atoms with Crippen LogP contribution >= 0.6 is 11.3 Å². The number of furan rings is 2.